The van der Waals surface area contributed by atoms with Gasteiger partial charge in [-0.15, -0.1) is 0 Å². The number of nitrogens with zero attached hydrogens (tertiary/aromatic N) is 1. The molecule has 0 aliphatic carbocycles. The lowest BCUT2D eigenvalue weighted by molar-refractivity contribution is -0.132. The third kappa shape index (κ3) is 6.10. The number of amides is 1. The van der Waals surface area contributed by atoms with E-state index >= 15 is 0 Å². The first-order chi connectivity index (χ1) is 14.5. The molecule has 2 rings (SSSR count). The van der Waals surface area contributed by atoms with Crippen LogP contribution in [-0.4, -0.2) is 73.8 Å². The second-order valence-corrected chi connectivity index (χ2v) is 8.38. The molecule has 1 aliphatic heterocycles. The number of rotatable bonds is 6. The molecule has 31 heavy (non-hydrogen) atoms. The van der Waals surface area contributed by atoms with E-state index in [2.05, 4.69) is 5.32 Å². The summed E-state index contributed by atoms with van der Waals surface area (Å²) in [6, 6.07) is 3.53. The summed E-state index contributed by atoms with van der Waals surface area (Å²) in [5.41, 5.74) is -0.373. The summed E-state index contributed by atoms with van der Waals surface area (Å²) in [7, 11) is 2.73. The van der Waals surface area contributed by atoms with E-state index in [1.54, 1.807) is 33.8 Å². The Morgan fingerprint density at radius 3 is 2.42 bits per heavy atom. The maximum absolute atomic E-state index is 13.3. The summed E-state index contributed by atoms with van der Waals surface area (Å²) >= 11 is 0. The quantitative estimate of drug-likeness (QED) is 0.678. The molecule has 9 nitrogen and oxygen atoms in total. The van der Waals surface area contributed by atoms with Crippen LogP contribution >= 0.6 is 0 Å². The minimum Gasteiger partial charge on any atom is -0.493 e. The van der Waals surface area contributed by atoms with Gasteiger partial charge in [0.25, 0.3) is 0 Å². The lowest BCUT2D eigenvalue weighted by atomic mass is 9.97. The Kier molecular flexibility index (Phi) is 7.89. The van der Waals surface area contributed by atoms with Gasteiger partial charge in [0.15, 0.2) is 23.4 Å². The molecule has 1 aliphatic rings. The van der Waals surface area contributed by atoms with Gasteiger partial charge < -0.3 is 24.3 Å². The lowest BCUT2D eigenvalue weighted by Gasteiger charge is -2.40. The number of hydrogen-bond donors (Lipinski definition) is 1. The predicted octanol–water partition coefficient (Wildman–Crippen LogP) is 2.42. The summed E-state index contributed by atoms with van der Waals surface area (Å²) < 4.78 is 21.4. The zero-order chi connectivity index (χ0) is 23.3. The van der Waals surface area contributed by atoms with Crippen LogP contribution in [-0.2, 0) is 14.3 Å². The molecule has 1 saturated heterocycles. The van der Waals surface area contributed by atoms with Crippen molar-refractivity contribution in [2.45, 2.75) is 58.4 Å². The Morgan fingerprint density at radius 1 is 1.16 bits per heavy atom. The molecule has 0 saturated carbocycles. The van der Waals surface area contributed by atoms with Crippen LogP contribution in [0.1, 0.15) is 45.0 Å². The van der Waals surface area contributed by atoms with Crippen molar-refractivity contribution >= 4 is 17.8 Å². The number of piperazine rings is 1. The second-order valence-electron chi connectivity index (χ2n) is 8.38. The minimum absolute atomic E-state index is 0.273. The van der Waals surface area contributed by atoms with Crippen molar-refractivity contribution < 1.29 is 33.3 Å². The van der Waals surface area contributed by atoms with E-state index in [1.165, 1.54) is 31.3 Å². The van der Waals surface area contributed by atoms with Crippen LogP contribution in [0.2, 0.25) is 0 Å². The van der Waals surface area contributed by atoms with Crippen molar-refractivity contribution in [2.24, 2.45) is 0 Å². The highest BCUT2D eigenvalue weighted by atomic mass is 16.6. The Hall–Kier alpha value is -2.81. The van der Waals surface area contributed by atoms with Crippen LogP contribution < -0.4 is 14.8 Å². The number of hydrogen-bond acceptors (Lipinski definition) is 8. The van der Waals surface area contributed by atoms with Gasteiger partial charge in [-0.3, -0.25) is 9.69 Å². The van der Waals surface area contributed by atoms with Gasteiger partial charge in [0.05, 0.1) is 19.8 Å². The van der Waals surface area contributed by atoms with Gasteiger partial charge in [0.1, 0.15) is 11.6 Å². The van der Waals surface area contributed by atoms with Gasteiger partial charge in [-0.2, -0.15) is 0 Å². The SMILES string of the molecule is COC(=O)c1ccc(OC(C)C(=O)[C@@H]2[C@@H](C)NCCN2C(=O)OC(C)(C)C)c(OC)c1. The zero-order valence-corrected chi connectivity index (χ0v) is 19.2. The Balaban J connectivity index is 2.21. The van der Waals surface area contributed by atoms with Crippen molar-refractivity contribution in [3.63, 3.8) is 0 Å². The topological polar surface area (TPSA) is 103 Å². The maximum atomic E-state index is 13.3. The molecule has 0 radical (unpaired) electrons. The monoisotopic (exact) mass is 436 g/mol. The van der Waals surface area contributed by atoms with E-state index < -0.39 is 29.8 Å². The molecule has 1 fully saturated rings. The van der Waals surface area contributed by atoms with Crippen LogP contribution in [0, 0.1) is 0 Å². The number of carbonyl (C=O) groups excluding carboxylic acids is 3. The molecule has 172 valence electrons. The zero-order valence-electron chi connectivity index (χ0n) is 19.2. The highest BCUT2D eigenvalue weighted by Crippen LogP contribution is 2.30. The van der Waals surface area contributed by atoms with Crippen molar-refractivity contribution in [1.29, 1.82) is 0 Å². The van der Waals surface area contributed by atoms with Crippen molar-refractivity contribution in [1.82, 2.24) is 10.2 Å². The number of esters is 1. The number of nitrogens with one attached hydrogen (secondary N) is 1. The molecular weight excluding hydrogens is 404 g/mol. The van der Waals surface area contributed by atoms with E-state index in [1.807, 2.05) is 6.92 Å². The van der Waals surface area contributed by atoms with E-state index in [-0.39, 0.29) is 11.8 Å². The van der Waals surface area contributed by atoms with Crippen LogP contribution in [0.3, 0.4) is 0 Å². The first-order valence-corrected chi connectivity index (χ1v) is 10.2. The third-order valence-corrected chi connectivity index (χ3v) is 4.84. The van der Waals surface area contributed by atoms with Crippen molar-refractivity contribution in [2.75, 3.05) is 27.3 Å². The normalized spacial score (nSPS) is 19.9. The number of carbonyl (C=O) groups is 3. The average molecular weight is 437 g/mol. The standard InChI is InChI=1S/C22H32N2O7/c1-13-18(24(11-10-23-13)21(27)31-22(3,4)5)19(25)14(2)30-16-9-8-15(20(26)29-7)12-17(16)28-6/h8-9,12-14,18,23H,10-11H2,1-7H3/t13-,14?,18+/m1/s1. The molecule has 1 aromatic rings. The number of Topliss-reactive ketones (excluding diaryl/α,β-unsaturated/α-hetero) is 1. The van der Waals surface area contributed by atoms with Gasteiger partial charge in [0, 0.05) is 19.1 Å². The van der Waals surface area contributed by atoms with Crippen molar-refractivity contribution in [3.8, 4) is 11.5 Å². The molecule has 1 heterocycles. The fourth-order valence-electron chi connectivity index (χ4n) is 3.36. The van der Waals surface area contributed by atoms with Gasteiger partial charge in [-0.1, -0.05) is 0 Å². The highest BCUT2D eigenvalue weighted by Gasteiger charge is 2.41. The molecule has 1 unspecified atom stereocenters. The number of methoxy groups -OCH3 is 2. The molecule has 3 atom stereocenters. The Morgan fingerprint density at radius 2 is 1.84 bits per heavy atom. The summed E-state index contributed by atoms with van der Waals surface area (Å²) in [6.07, 6.45) is -1.42. The van der Waals surface area contributed by atoms with E-state index in [0.717, 1.165) is 0 Å². The molecule has 1 amide bonds. The molecule has 0 spiro atoms. The second kappa shape index (κ2) is 10.00. The number of benzene rings is 1. The number of ketones is 1. The summed E-state index contributed by atoms with van der Waals surface area (Å²) in [4.78, 5) is 39.2. The van der Waals surface area contributed by atoms with Crippen molar-refractivity contribution in [3.05, 3.63) is 23.8 Å². The Bertz CT molecular complexity index is 819. The van der Waals surface area contributed by atoms with E-state index in [9.17, 15) is 14.4 Å². The maximum Gasteiger partial charge on any atom is 0.411 e. The van der Waals surface area contributed by atoms with Gasteiger partial charge in [0.2, 0.25) is 0 Å². The first-order valence-electron chi connectivity index (χ1n) is 10.2. The van der Waals surface area contributed by atoms with Gasteiger partial charge in [-0.05, 0) is 52.8 Å². The summed E-state index contributed by atoms with van der Waals surface area (Å²) in [5.74, 6) is -0.189. The molecule has 0 bridgehead atoms. The molecule has 1 N–H and O–H groups in total. The first kappa shape index (κ1) is 24.5. The number of ether oxygens (including phenoxy) is 4. The molecule has 9 heteroatoms. The van der Waals surface area contributed by atoms with Crippen LogP contribution in [0.25, 0.3) is 0 Å². The van der Waals surface area contributed by atoms with E-state index in [0.29, 0.717) is 30.2 Å². The fourth-order valence-corrected chi connectivity index (χ4v) is 3.36. The third-order valence-electron chi connectivity index (χ3n) is 4.84. The summed E-state index contributed by atoms with van der Waals surface area (Å²) in [6.45, 7) is 9.71. The molecular formula is C22H32N2O7. The lowest BCUT2D eigenvalue weighted by Crippen LogP contribution is -2.63. The largest absolute Gasteiger partial charge is 0.493 e. The van der Waals surface area contributed by atoms with Gasteiger partial charge >= 0.3 is 12.1 Å². The average Bonchev–Trinajstić information content (AvgIpc) is 2.71. The fraction of sp³-hybridized carbons (Fsp3) is 0.591. The van der Waals surface area contributed by atoms with Crippen LogP contribution in [0.5, 0.6) is 11.5 Å². The van der Waals surface area contributed by atoms with Crippen LogP contribution in [0.4, 0.5) is 4.79 Å². The molecule has 1 aromatic carbocycles. The predicted molar refractivity (Wildman–Crippen MR) is 114 cm³/mol. The Labute approximate surface area is 183 Å². The van der Waals surface area contributed by atoms with E-state index in [4.69, 9.17) is 18.9 Å². The van der Waals surface area contributed by atoms with Gasteiger partial charge in [-0.25, -0.2) is 9.59 Å². The van der Waals surface area contributed by atoms with Crippen LogP contribution in [0.15, 0.2) is 18.2 Å². The molecule has 0 aromatic heterocycles. The summed E-state index contributed by atoms with van der Waals surface area (Å²) in [5, 5.41) is 3.23. The minimum atomic E-state index is -0.879. The smallest absolute Gasteiger partial charge is 0.411 e. The highest BCUT2D eigenvalue weighted by molar-refractivity contribution is 5.92.